The lowest BCUT2D eigenvalue weighted by Crippen LogP contribution is -2.55. The molecule has 3 aromatic heterocycles. The van der Waals surface area contributed by atoms with Crippen molar-refractivity contribution in [3.8, 4) is 16.8 Å². The molecule has 0 N–H and O–H groups in total. The quantitative estimate of drug-likeness (QED) is 0.169. The first kappa shape index (κ1) is 23.3. The van der Waals surface area contributed by atoms with E-state index in [1.165, 1.54) is 87.7 Å². The van der Waals surface area contributed by atoms with Crippen LogP contribution in [0, 0.1) is 0 Å². The summed E-state index contributed by atoms with van der Waals surface area (Å²) in [6, 6.07) is 40.6. The van der Waals surface area contributed by atoms with Crippen molar-refractivity contribution in [1.82, 2.24) is 9.05 Å². The van der Waals surface area contributed by atoms with Crippen LogP contribution in [0.15, 0.2) is 114 Å². The summed E-state index contributed by atoms with van der Waals surface area (Å²) in [7, 11) is 0. The minimum atomic E-state index is 0.00235. The van der Waals surface area contributed by atoms with Crippen molar-refractivity contribution >= 4 is 83.3 Å². The second kappa shape index (κ2) is 7.46. The first-order valence-corrected chi connectivity index (χ1v) is 15.6. The zero-order valence-corrected chi connectivity index (χ0v) is 24.8. The Kier molecular flexibility index (Phi) is 3.94. The highest BCUT2D eigenvalue weighted by Gasteiger charge is 2.43. The summed E-state index contributed by atoms with van der Waals surface area (Å²) in [4.78, 5) is 0. The Labute approximate surface area is 254 Å². The van der Waals surface area contributed by atoms with Gasteiger partial charge >= 0.3 is 6.85 Å². The van der Waals surface area contributed by atoms with E-state index < -0.39 is 0 Å². The fraction of sp³-hybridized carbons (Fsp3) is 0.100. The summed E-state index contributed by atoms with van der Waals surface area (Å²) in [5.41, 5.74) is 15.0. The minimum Gasteiger partial charge on any atom is -0.456 e. The minimum absolute atomic E-state index is 0.00235. The van der Waals surface area contributed by atoms with Crippen LogP contribution in [0.5, 0.6) is 0 Å². The Balaban J connectivity index is 1.48. The number of aromatic nitrogens is 2. The first-order chi connectivity index (χ1) is 21.5. The maximum atomic E-state index is 6.68. The van der Waals surface area contributed by atoms with Gasteiger partial charge in [-0.1, -0.05) is 99.6 Å². The fourth-order valence-electron chi connectivity index (χ4n) is 8.58. The number of hydrogen-bond acceptors (Lipinski definition) is 1. The van der Waals surface area contributed by atoms with Crippen molar-refractivity contribution in [2.75, 3.05) is 0 Å². The number of furan rings is 1. The van der Waals surface area contributed by atoms with E-state index in [0.29, 0.717) is 0 Å². The van der Waals surface area contributed by atoms with Crippen LogP contribution in [0.4, 0.5) is 0 Å². The predicted octanol–water partition coefficient (Wildman–Crippen LogP) is 9.04. The van der Waals surface area contributed by atoms with E-state index in [1.807, 2.05) is 0 Å². The van der Waals surface area contributed by atoms with Gasteiger partial charge in [-0.25, -0.2) is 0 Å². The normalized spacial score (nSPS) is 13.8. The second-order valence-corrected chi connectivity index (χ2v) is 13.7. The van der Waals surface area contributed by atoms with Gasteiger partial charge in [0.1, 0.15) is 11.2 Å². The summed E-state index contributed by atoms with van der Waals surface area (Å²) in [5, 5.41) is 7.61. The smallest absolute Gasteiger partial charge is 0.333 e. The molecule has 0 aliphatic carbocycles. The van der Waals surface area contributed by atoms with Gasteiger partial charge in [0.05, 0.1) is 22.1 Å². The van der Waals surface area contributed by atoms with E-state index in [9.17, 15) is 0 Å². The van der Waals surface area contributed by atoms with Gasteiger partial charge in [0.15, 0.2) is 0 Å². The molecular weight excluding hydrogens is 535 g/mol. The predicted molar refractivity (Wildman–Crippen MR) is 186 cm³/mol. The number of rotatable bonds is 0. The Bertz CT molecular complexity index is 2770. The van der Waals surface area contributed by atoms with Gasteiger partial charge in [0, 0.05) is 43.5 Å². The van der Waals surface area contributed by atoms with Crippen LogP contribution in [0.3, 0.4) is 0 Å². The highest BCUT2D eigenvalue weighted by molar-refractivity contribution is 6.90. The molecule has 9 aromatic rings. The summed E-state index contributed by atoms with van der Waals surface area (Å²) >= 11 is 0. The maximum absolute atomic E-state index is 6.68. The van der Waals surface area contributed by atoms with Gasteiger partial charge in [-0.15, -0.1) is 0 Å². The van der Waals surface area contributed by atoms with Crippen LogP contribution >= 0.6 is 0 Å². The topological polar surface area (TPSA) is 23.0 Å². The molecule has 0 fully saturated rings. The molecule has 5 heterocycles. The molecule has 0 unspecified atom stereocenters. The van der Waals surface area contributed by atoms with E-state index in [-0.39, 0.29) is 12.3 Å². The third-order valence-electron chi connectivity index (χ3n) is 10.4. The zero-order valence-electron chi connectivity index (χ0n) is 24.8. The van der Waals surface area contributed by atoms with Crippen LogP contribution < -0.4 is 10.9 Å². The fourth-order valence-corrected chi connectivity index (χ4v) is 8.58. The Morgan fingerprint density at radius 2 is 1.30 bits per heavy atom. The molecule has 206 valence electrons. The van der Waals surface area contributed by atoms with Crippen LogP contribution in [-0.4, -0.2) is 15.9 Å². The standard InChI is InChI=1S/C40H27BN2O/c1-40(2,3)22-19-29-24-12-4-7-16-31(24)42-38(29)30(20-22)41-36-28(21-34-35(39(36)42)27-13-6-9-18-33(27)44-34)26-15-10-14-25-23-11-5-8-17-32(23)43(41)37(25)26/h4-21H,1-3H3. The molecule has 11 rings (SSSR count). The Morgan fingerprint density at radius 1 is 0.591 bits per heavy atom. The Morgan fingerprint density at radius 3 is 2.11 bits per heavy atom. The molecule has 4 heteroatoms. The summed E-state index contributed by atoms with van der Waals surface area (Å²) in [5.74, 6) is 0. The van der Waals surface area contributed by atoms with Crippen LogP contribution in [0.1, 0.15) is 26.3 Å². The molecule has 0 spiro atoms. The van der Waals surface area contributed by atoms with E-state index in [4.69, 9.17) is 4.42 Å². The van der Waals surface area contributed by atoms with E-state index in [1.54, 1.807) is 0 Å². The second-order valence-electron chi connectivity index (χ2n) is 13.7. The lowest BCUT2D eigenvalue weighted by Gasteiger charge is -2.35. The number of nitrogens with zero attached hydrogens (tertiary/aromatic N) is 2. The van der Waals surface area contributed by atoms with Crippen molar-refractivity contribution < 1.29 is 4.42 Å². The first-order valence-electron chi connectivity index (χ1n) is 15.6. The molecule has 0 saturated heterocycles. The average molecular weight is 562 g/mol. The average Bonchev–Trinajstić information content (AvgIpc) is 3.69. The van der Waals surface area contributed by atoms with Crippen molar-refractivity contribution in [2.45, 2.75) is 26.2 Å². The lowest BCUT2D eigenvalue weighted by molar-refractivity contribution is 0.591. The number of para-hydroxylation sites is 4. The third kappa shape index (κ3) is 2.55. The molecule has 3 nitrogen and oxygen atoms in total. The maximum Gasteiger partial charge on any atom is 0.333 e. The molecule has 44 heavy (non-hydrogen) atoms. The molecule has 2 aliphatic rings. The Hall–Kier alpha value is -5.22. The molecule has 0 bridgehead atoms. The molecule has 0 saturated carbocycles. The van der Waals surface area contributed by atoms with Crippen LogP contribution in [-0.2, 0) is 5.41 Å². The number of benzene rings is 6. The van der Waals surface area contributed by atoms with Gasteiger partial charge in [0.2, 0.25) is 0 Å². The number of fused-ring (bicyclic) bond motifs is 14. The van der Waals surface area contributed by atoms with Crippen LogP contribution in [0.25, 0.3) is 82.4 Å². The molecular formula is C40H27BN2O. The molecule has 0 amide bonds. The highest BCUT2D eigenvalue weighted by atomic mass is 16.3. The highest BCUT2D eigenvalue weighted by Crippen LogP contribution is 2.47. The van der Waals surface area contributed by atoms with E-state index >= 15 is 0 Å². The summed E-state index contributed by atoms with van der Waals surface area (Å²) in [6.45, 7) is 7.03. The van der Waals surface area contributed by atoms with Crippen molar-refractivity contribution in [3.05, 3.63) is 115 Å². The summed E-state index contributed by atoms with van der Waals surface area (Å²) in [6.07, 6.45) is 0. The molecule has 6 aromatic carbocycles. The molecule has 0 radical (unpaired) electrons. The van der Waals surface area contributed by atoms with E-state index in [2.05, 4.69) is 139 Å². The largest absolute Gasteiger partial charge is 0.456 e. The van der Waals surface area contributed by atoms with Gasteiger partial charge in [-0.3, -0.25) is 0 Å². The zero-order chi connectivity index (χ0) is 29.1. The molecule has 0 atom stereocenters. The van der Waals surface area contributed by atoms with E-state index in [0.717, 1.165) is 11.2 Å². The van der Waals surface area contributed by atoms with Gasteiger partial charge in [-0.2, -0.15) is 0 Å². The van der Waals surface area contributed by atoms with Gasteiger partial charge in [0.25, 0.3) is 0 Å². The lowest BCUT2D eigenvalue weighted by atomic mass is 9.45. The third-order valence-corrected chi connectivity index (χ3v) is 10.4. The number of hydrogen-bond donors (Lipinski definition) is 0. The molecule has 2 aliphatic heterocycles. The van der Waals surface area contributed by atoms with Gasteiger partial charge < -0.3 is 13.5 Å². The van der Waals surface area contributed by atoms with Crippen molar-refractivity contribution in [2.24, 2.45) is 0 Å². The monoisotopic (exact) mass is 562 g/mol. The van der Waals surface area contributed by atoms with Gasteiger partial charge in [-0.05, 0) is 57.8 Å². The van der Waals surface area contributed by atoms with Crippen LogP contribution in [0.2, 0.25) is 0 Å². The summed E-state index contributed by atoms with van der Waals surface area (Å²) < 4.78 is 11.9. The van der Waals surface area contributed by atoms with Crippen molar-refractivity contribution in [1.29, 1.82) is 0 Å². The SMILES string of the molecule is CC(C)(C)c1cc2c3c(c1)c1ccccc1n3-c1c3c(cc4oc5ccccc5c14)-c1cccc4c5ccccc5n(c14)B32. The van der Waals surface area contributed by atoms with Crippen molar-refractivity contribution in [3.63, 3.8) is 0 Å².